The molecule has 104 valence electrons. The first kappa shape index (κ1) is 15.3. The second-order valence-corrected chi connectivity index (χ2v) is 4.04. The minimum Gasteiger partial charge on any atom is -0.493 e. The minimum atomic E-state index is -0.440. The van der Waals surface area contributed by atoms with Gasteiger partial charge < -0.3 is 14.2 Å². The predicted molar refractivity (Wildman–Crippen MR) is 70.1 cm³/mol. The third-order valence-corrected chi connectivity index (χ3v) is 2.94. The molecule has 0 heterocycles. The average molecular weight is 287 g/mol. The summed E-state index contributed by atoms with van der Waals surface area (Å²) in [6, 6.07) is 3.14. The van der Waals surface area contributed by atoms with Crippen molar-refractivity contribution in [3.05, 3.63) is 22.7 Å². The highest BCUT2D eigenvalue weighted by Crippen LogP contribution is 2.37. The van der Waals surface area contributed by atoms with E-state index in [0.29, 0.717) is 17.1 Å². The van der Waals surface area contributed by atoms with Crippen LogP contribution in [-0.2, 0) is 9.53 Å². The van der Waals surface area contributed by atoms with Crippen LogP contribution in [0.1, 0.15) is 23.2 Å². The molecule has 0 unspecified atom stereocenters. The van der Waals surface area contributed by atoms with E-state index in [1.807, 2.05) is 0 Å². The second kappa shape index (κ2) is 6.99. The Bertz CT molecular complexity index is 484. The van der Waals surface area contributed by atoms with Crippen LogP contribution in [0.5, 0.6) is 11.5 Å². The molecule has 0 aliphatic heterocycles. The van der Waals surface area contributed by atoms with Gasteiger partial charge in [0.05, 0.1) is 32.8 Å². The van der Waals surface area contributed by atoms with Gasteiger partial charge in [0.25, 0.3) is 0 Å². The summed E-state index contributed by atoms with van der Waals surface area (Å²) in [6.07, 6.45) is 0.0435. The lowest BCUT2D eigenvalue weighted by molar-refractivity contribution is -0.140. The van der Waals surface area contributed by atoms with Gasteiger partial charge in [0, 0.05) is 12.0 Å². The van der Waals surface area contributed by atoms with E-state index in [-0.39, 0.29) is 23.6 Å². The van der Waals surface area contributed by atoms with Crippen molar-refractivity contribution in [1.82, 2.24) is 0 Å². The summed E-state index contributed by atoms with van der Waals surface area (Å²) >= 11 is 6.09. The van der Waals surface area contributed by atoms with Crippen LogP contribution in [0.3, 0.4) is 0 Å². The highest BCUT2D eigenvalue weighted by molar-refractivity contribution is 6.35. The zero-order valence-electron chi connectivity index (χ0n) is 11.0. The van der Waals surface area contributed by atoms with Crippen molar-refractivity contribution in [1.29, 1.82) is 0 Å². The number of Topliss-reactive ketones (excluding diaryl/α,β-unsaturated/α-hetero) is 1. The van der Waals surface area contributed by atoms with Gasteiger partial charge >= 0.3 is 5.97 Å². The molecule has 1 aromatic rings. The molecule has 0 N–H and O–H groups in total. The van der Waals surface area contributed by atoms with E-state index in [1.165, 1.54) is 21.3 Å². The molecule has 1 aromatic carbocycles. The smallest absolute Gasteiger partial charge is 0.305 e. The first-order valence-electron chi connectivity index (χ1n) is 5.55. The summed E-state index contributed by atoms with van der Waals surface area (Å²) in [7, 11) is 4.19. The molecule has 0 radical (unpaired) electrons. The van der Waals surface area contributed by atoms with E-state index < -0.39 is 5.97 Å². The van der Waals surface area contributed by atoms with Crippen LogP contribution in [-0.4, -0.2) is 33.1 Å². The lowest BCUT2D eigenvalue weighted by Gasteiger charge is -2.12. The summed E-state index contributed by atoms with van der Waals surface area (Å²) in [5, 5.41) is 0.178. The molecule has 1 rings (SSSR count). The van der Waals surface area contributed by atoms with Crippen LogP contribution in [0.4, 0.5) is 0 Å². The molecule has 0 aromatic heterocycles. The van der Waals surface area contributed by atoms with Crippen molar-refractivity contribution in [2.24, 2.45) is 0 Å². The zero-order chi connectivity index (χ0) is 14.4. The highest BCUT2D eigenvalue weighted by atomic mass is 35.5. The monoisotopic (exact) mass is 286 g/mol. The Morgan fingerprint density at radius 1 is 1.11 bits per heavy atom. The lowest BCUT2D eigenvalue weighted by atomic mass is 10.1. The number of carbonyl (C=O) groups is 2. The largest absolute Gasteiger partial charge is 0.493 e. The number of rotatable bonds is 6. The number of ketones is 1. The van der Waals surface area contributed by atoms with Gasteiger partial charge in [0.1, 0.15) is 0 Å². The van der Waals surface area contributed by atoms with Crippen LogP contribution in [0.15, 0.2) is 12.1 Å². The van der Waals surface area contributed by atoms with E-state index in [4.69, 9.17) is 21.1 Å². The van der Waals surface area contributed by atoms with E-state index in [2.05, 4.69) is 4.74 Å². The Morgan fingerprint density at radius 2 is 1.79 bits per heavy atom. The van der Waals surface area contributed by atoms with Gasteiger partial charge in [-0.2, -0.15) is 0 Å². The summed E-state index contributed by atoms with van der Waals surface area (Å²) < 4.78 is 14.7. The molecular formula is C13H15ClO5. The van der Waals surface area contributed by atoms with Crippen molar-refractivity contribution < 1.29 is 23.8 Å². The molecule has 0 fully saturated rings. The Balaban J connectivity index is 2.95. The number of methoxy groups -OCH3 is 3. The Labute approximate surface area is 116 Å². The Morgan fingerprint density at radius 3 is 2.32 bits per heavy atom. The van der Waals surface area contributed by atoms with Crippen molar-refractivity contribution in [3.63, 3.8) is 0 Å². The molecule has 0 aliphatic rings. The van der Waals surface area contributed by atoms with Gasteiger partial charge in [0.2, 0.25) is 0 Å². The zero-order valence-corrected chi connectivity index (χ0v) is 11.7. The SMILES string of the molecule is COC(=O)CCC(=O)c1ccc(OC)c(OC)c1Cl. The highest BCUT2D eigenvalue weighted by Gasteiger charge is 2.18. The van der Waals surface area contributed by atoms with Gasteiger partial charge in [-0.25, -0.2) is 0 Å². The lowest BCUT2D eigenvalue weighted by Crippen LogP contribution is -2.07. The maximum absolute atomic E-state index is 12.0. The van der Waals surface area contributed by atoms with E-state index in [0.717, 1.165) is 0 Å². The molecule has 0 spiro atoms. The number of hydrogen-bond donors (Lipinski definition) is 0. The van der Waals surface area contributed by atoms with E-state index in [9.17, 15) is 9.59 Å². The van der Waals surface area contributed by atoms with E-state index in [1.54, 1.807) is 12.1 Å². The molecular weight excluding hydrogens is 272 g/mol. The van der Waals surface area contributed by atoms with Gasteiger partial charge in [-0.3, -0.25) is 9.59 Å². The Kier molecular flexibility index (Phi) is 5.63. The maximum Gasteiger partial charge on any atom is 0.305 e. The van der Waals surface area contributed by atoms with Crippen LogP contribution < -0.4 is 9.47 Å². The molecule has 19 heavy (non-hydrogen) atoms. The molecule has 0 atom stereocenters. The molecule has 0 amide bonds. The topological polar surface area (TPSA) is 61.8 Å². The van der Waals surface area contributed by atoms with Crippen LogP contribution in [0.2, 0.25) is 5.02 Å². The second-order valence-electron chi connectivity index (χ2n) is 3.66. The quantitative estimate of drug-likeness (QED) is 0.594. The van der Waals surface area contributed by atoms with Crippen molar-refractivity contribution >= 4 is 23.4 Å². The first-order chi connectivity index (χ1) is 9.04. The van der Waals surface area contributed by atoms with Crippen LogP contribution in [0.25, 0.3) is 0 Å². The number of halogens is 1. The maximum atomic E-state index is 12.0. The van der Waals surface area contributed by atoms with Crippen molar-refractivity contribution in [3.8, 4) is 11.5 Å². The summed E-state index contributed by atoms with van der Waals surface area (Å²) in [5.74, 6) is 0.0476. The fourth-order valence-corrected chi connectivity index (χ4v) is 1.90. The molecule has 6 heteroatoms. The third-order valence-electron chi connectivity index (χ3n) is 2.57. The molecule has 0 saturated heterocycles. The predicted octanol–water partition coefficient (Wildman–Crippen LogP) is 2.49. The number of ether oxygens (including phenoxy) is 3. The first-order valence-corrected chi connectivity index (χ1v) is 5.93. The average Bonchev–Trinajstić information content (AvgIpc) is 2.43. The van der Waals surface area contributed by atoms with Crippen molar-refractivity contribution in [2.45, 2.75) is 12.8 Å². The van der Waals surface area contributed by atoms with Crippen molar-refractivity contribution in [2.75, 3.05) is 21.3 Å². The number of benzene rings is 1. The normalized spacial score (nSPS) is 9.89. The molecule has 0 saturated carbocycles. The van der Waals surface area contributed by atoms with E-state index >= 15 is 0 Å². The number of carbonyl (C=O) groups excluding carboxylic acids is 2. The summed E-state index contributed by atoms with van der Waals surface area (Å²) in [6.45, 7) is 0. The summed E-state index contributed by atoms with van der Waals surface area (Å²) in [4.78, 5) is 23.0. The third kappa shape index (κ3) is 3.61. The van der Waals surface area contributed by atoms with Crippen LogP contribution in [0, 0.1) is 0 Å². The van der Waals surface area contributed by atoms with Gasteiger partial charge in [-0.15, -0.1) is 0 Å². The van der Waals surface area contributed by atoms with Crippen LogP contribution >= 0.6 is 11.6 Å². The molecule has 0 aliphatic carbocycles. The summed E-state index contributed by atoms with van der Waals surface area (Å²) in [5.41, 5.74) is 0.295. The number of esters is 1. The van der Waals surface area contributed by atoms with Gasteiger partial charge in [-0.05, 0) is 12.1 Å². The molecule has 5 nitrogen and oxygen atoms in total. The minimum absolute atomic E-state index is 0.0139. The van der Waals surface area contributed by atoms with Gasteiger partial charge in [0.15, 0.2) is 17.3 Å². The fourth-order valence-electron chi connectivity index (χ4n) is 1.56. The fraction of sp³-hybridized carbons (Fsp3) is 0.385. The standard InChI is InChI=1S/C13H15ClO5/c1-17-10-6-4-8(12(14)13(10)19-3)9(15)5-7-11(16)18-2/h4,6H,5,7H2,1-3H3. The Hall–Kier alpha value is -1.75. The van der Waals surface area contributed by atoms with Gasteiger partial charge in [-0.1, -0.05) is 11.6 Å². The molecule has 0 bridgehead atoms. The number of hydrogen-bond acceptors (Lipinski definition) is 5.